The van der Waals surface area contributed by atoms with Crippen LogP contribution < -0.4 is 20.5 Å². The van der Waals surface area contributed by atoms with Gasteiger partial charge in [0.25, 0.3) is 5.91 Å². The number of hydrogen-bond donors (Lipinski definition) is 2. The number of nitrogens with one attached hydrogen (secondary N) is 1. The van der Waals surface area contributed by atoms with Crippen molar-refractivity contribution in [2.24, 2.45) is 0 Å². The molecule has 0 atom stereocenters. The van der Waals surface area contributed by atoms with Crippen LogP contribution in [0, 0.1) is 6.92 Å². The summed E-state index contributed by atoms with van der Waals surface area (Å²) in [5.41, 5.74) is 7.90. The number of hydrogen-bond acceptors (Lipinski definition) is 4. The summed E-state index contributed by atoms with van der Waals surface area (Å²) < 4.78 is 10.6. The van der Waals surface area contributed by atoms with Gasteiger partial charge >= 0.3 is 0 Å². The number of benzene rings is 2. The summed E-state index contributed by atoms with van der Waals surface area (Å²) >= 11 is 0. The van der Waals surface area contributed by atoms with Crippen molar-refractivity contribution in [2.75, 3.05) is 24.8 Å². The Morgan fingerprint density at radius 3 is 2.57 bits per heavy atom. The number of carbonyl (C=O) groups is 1. The summed E-state index contributed by atoms with van der Waals surface area (Å²) in [4.78, 5) is 11.9. The molecule has 0 saturated carbocycles. The van der Waals surface area contributed by atoms with Gasteiger partial charge in [-0.25, -0.2) is 0 Å². The molecule has 5 nitrogen and oxygen atoms in total. The van der Waals surface area contributed by atoms with Gasteiger partial charge in [0.15, 0.2) is 6.61 Å². The number of carbonyl (C=O) groups excluding carboxylic acids is 1. The summed E-state index contributed by atoms with van der Waals surface area (Å²) in [6.07, 6.45) is 0. The van der Waals surface area contributed by atoms with Gasteiger partial charge in [-0.15, -0.1) is 0 Å². The predicted molar refractivity (Wildman–Crippen MR) is 82.7 cm³/mol. The molecule has 3 N–H and O–H groups in total. The molecule has 110 valence electrons. The third kappa shape index (κ3) is 4.14. The zero-order valence-corrected chi connectivity index (χ0v) is 12.1. The van der Waals surface area contributed by atoms with E-state index in [0.29, 0.717) is 22.9 Å². The van der Waals surface area contributed by atoms with Crippen molar-refractivity contribution in [3.8, 4) is 11.5 Å². The standard InChI is InChI=1S/C16H18N2O3/c1-11-3-6-13(7-4-11)21-10-16(19)18-14-9-12(17)5-8-15(14)20-2/h3-9H,10,17H2,1-2H3,(H,18,19). The van der Waals surface area contributed by atoms with E-state index >= 15 is 0 Å². The third-order valence-corrected chi connectivity index (χ3v) is 2.89. The molecule has 0 aliphatic carbocycles. The van der Waals surface area contributed by atoms with Gasteiger partial charge in [-0.3, -0.25) is 4.79 Å². The summed E-state index contributed by atoms with van der Waals surface area (Å²) in [6.45, 7) is 1.91. The lowest BCUT2D eigenvalue weighted by Crippen LogP contribution is -2.20. The van der Waals surface area contributed by atoms with E-state index in [0.717, 1.165) is 5.56 Å². The van der Waals surface area contributed by atoms with Gasteiger partial charge in [-0.1, -0.05) is 17.7 Å². The van der Waals surface area contributed by atoms with Crippen LogP contribution in [0.4, 0.5) is 11.4 Å². The molecule has 21 heavy (non-hydrogen) atoms. The van der Waals surface area contributed by atoms with Crippen molar-refractivity contribution in [1.82, 2.24) is 0 Å². The van der Waals surface area contributed by atoms with E-state index in [4.69, 9.17) is 15.2 Å². The van der Waals surface area contributed by atoms with Gasteiger partial charge in [0.05, 0.1) is 12.8 Å². The van der Waals surface area contributed by atoms with E-state index < -0.39 is 0 Å². The molecule has 2 aromatic carbocycles. The highest BCUT2D eigenvalue weighted by molar-refractivity contribution is 5.93. The number of rotatable bonds is 5. The summed E-state index contributed by atoms with van der Waals surface area (Å²) in [7, 11) is 1.53. The van der Waals surface area contributed by atoms with Crippen LogP contribution in [0.3, 0.4) is 0 Å². The average Bonchev–Trinajstić information content (AvgIpc) is 2.47. The first-order chi connectivity index (χ1) is 10.1. The van der Waals surface area contributed by atoms with Gasteiger partial charge in [0.1, 0.15) is 11.5 Å². The number of nitrogens with two attached hydrogens (primary N) is 1. The van der Waals surface area contributed by atoms with Crippen LogP contribution in [-0.2, 0) is 4.79 Å². The van der Waals surface area contributed by atoms with Gasteiger partial charge in [0.2, 0.25) is 0 Å². The lowest BCUT2D eigenvalue weighted by molar-refractivity contribution is -0.118. The Kier molecular flexibility index (Phi) is 4.66. The fraction of sp³-hybridized carbons (Fsp3) is 0.188. The van der Waals surface area contributed by atoms with Gasteiger partial charge in [-0.2, -0.15) is 0 Å². The molecule has 0 radical (unpaired) electrons. The fourth-order valence-electron chi connectivity index (χ4n) is 1.79. The number of aryl methyl sites for hydroxylation is 1. The predicted octanol–water partition coefficient (Wildman–Crippen LogP) is 2.60. The molecule has 2 aromatic rings. The second-order valence-corrected chi connectivity index (χ2v) is 4.61. The van der Waals surface area contributed by atoms with E-state index in [1.165, 1.54) is 7.11 Å². The van der Waals surface area contributed by atoms with Gasteiger partial charge in [-0.05, 0) is 37.3 Å². The minimum atomic E-state index is -0.278. The maximum Gasteiger partial charge on any atom is 0.262 e. The second kappa shape index (κ2) is 6.65. The van der Waals surface area contributed by atoms with Crippen LogP contribution in [0.1, 0.15) is 5.56 Å². The van der Waals surface area contributed by atoms with Crippen LogP contribution in [0.2, 0.25) is 0 Å². The van der Waals surface area contributed by atoms with E-state index in [-0.39, 0.29) is 12.5 Å². The Labute approximate surface area is 123 Å². The zero-order chi connectivity index (χ0) is 15.2. The lowest BCUT2D eigenvalue weighted by Gasteiger charge is -2.11. The highest BCUT2D eigenvalue weighted by atomic mass is 16.5. The Balaban J connectivity index is 1.95. The smallest absolute Gasteiger partial charge is 0.262 e. The first-order valence-corrected chi connectivity index (χ1v) is 6.51. The van der Waals surface area contributed by atoms with Crippen molar-refractivity contribution >= 4 is 17.3 Å². The van der Waals surface area contributed by atoms with Crippen molar-refractivity contribution in [3.63, 3.8) is 0 Å². The first kappa shape index (κ1) is 14.7. The second-order valence-electron chi connectivity index (χ2n) is 4.61. The topological polar surface area (TPSA) is 73.6 Å². The van der Waals surface area contributed by atoms with Crippen LogP contribution in [0.25, 0.3) is 0 Å². The van der Waals surface area contributed by atoms with E-state index in [2.05, 4.69) is 5.32 Å². The summed E-state index contributed by atoms with van der Waals surface area (Å²) in [5.74, 6) is 0.919. The van der Waals surface area contributed by atoms with Crippen molar-refractivity contribution in [3.05, 3.63) is 48.0 Å². The SMILES string of the molecule is COc1ccc(N)cc1NC(=O)COc1ccc(C)cc1. The van der Waals surface area contributed by atoms with Crippen LogP contribution in [0.15, 0.2) is 42.5 Å². The largest absolute Gasteiger partial charge is 0.495 e. The minimum Gasteiger partial charge on any atom is -0.495 e. The quantitative estimate of drug-likeness (QED) is 0.829. The van der Waals surface area contributed by atoms with E-state index in [9.17, 15) is 4.79 Å². The number of ether oxygens (including phenoxy) is 2. The fourth-order valence-corrected chi connectivity index (χ4v) is 1.79. The molecule has 5 heteroatoms. The zero-order valence-electron chi connectivity index (χ0n) is 12.1. The molecule has 0 heterocycles. The van der Waals surface area contributed by atoms with E-state index in [1.54, 1.807) is 18.2 Å². The molecule has 0 bridgehead atoms. The van der Waals surface area contributed by atoms with Crippen molar-refractivity contribution < 1.29 is 14.3 Å². The summed E-state index contributed by atoms with van der Waals surface area (Å²) in [6, 6.07) is 12.5. The number of amides is 1. The highest BCUT2D eigenvalue weighted by Crippen LogP contribution is 2.26. The molecule has 0 aromatic heterocycles. The molecule has 0 aliphatic rings. The van der Waals surface area contributed by atoms with Crippen LogP contribution in [0.5, 0.6) is 11.5 Å². The molecule has 1 amide bonds. The molecule has 0 saturated heterocycles. The Morgan fingerprint density at radius 2 is 1.90 bits per heavy atom. The van der Waals surface area contributed by atoms with E-state index in [1.807, 2.05) is 31.2 Å². The Morgan fingerprint density at radius 1 is 1.19 bits per heavy atom. The molecule has 0 spiro atoms. The Hall–Kier alpha value is -2.69. The number of anilines is 2. The average molecular weight is 286 g/mol. The maximum atomic E-state index is 11.9. The molecular formula is C16H18N2O3. The maximum absolute atomic E-state index is 11.9. The van der Waals surface area contributed by atoms with Crippen LogP contribution in [-0.4, -0.2) is 19.6 Å². The number of methoxy groups -OCH3 is 1. The molecule has 0 fully saturated rings. The van der Waals surface area contributed by atoms with Crippen LogP contribution >= 0.6 is 0 Å². The lowest BCUT2D eigenvalue weighted by atomic mass is 10.2. The highest BCUT2D eigenvalue weighted by Gasteiger charge is 2.08. The normalized spacial score (nSPS) is 10.0. The van der Waals surface area contributed by atoms with Crippen molar-refractivity contribution in [2.45, 2.75) is 6.92 Å². The van der Waals surface area contributed by atoms with Gasteiger partial charge < -0.3 is 20.5 Å². The third-order valence-electron chi connectivity index (χ3n) is 2.89. The number of nitrogen functional groups attached to an aromatic ring is 1. The minimum absolute atomic E-state index is 0.0823. The molecule has 0 unspecified atom stereocenters. The van der Waals surface area contributed by atoms with Crippen molar-refractivity contribution in [1.29, 1.82) is 0 Å². The molecule has 2 rings (SSSR count). The molecular weight excluding hydrogens is 268 g/mol. The Bertz CT molecular complexity index is 624. The monoisotopic (exact) mass is 286 g/mol. The first-order valence-electron chi connectivity index (χ1n) is 6.51. The summed E-state index contributed by atoms with van der Waals surface area (Å²) in [5, 5.41) is 2.71. The molecule has 0 aliphatic heterocycles. The van der Waals surface area contributed by atoms with Gasteiger partial charge in [0, 0.05) is 5.69 Å².